The van der Waals surface area contributed by atoms with E-state index in [-0.39, 0.29) is 28.9 Å². The number of nitrogens with zero attached hydrogens (tertiary/aromatic N) is 5. The highest BCUT2D eigenvalue weighted by Gasteiger charge is 2.20. The van der Waals surface area contributed by atoms with Crippen molar-refractivity contribution in [3.05, 3.63) is 36.7 Å². The fourth-order valence-corrected chi connectivity index (χ4v) is 4.03. The summed E-state index contributed by atoms with van der Waals surface area (Å²) in [4.78, 5) is 12.7. The van der Waals surface area contributed by atoms with Gasteiger partial charge >= 0.3 is 0 Å². The normalized spacial score (nSPS) is 19.2. The van der Waals surface area contributed by atoms with Crippen LogP contribution >= 0.6 is 0 Å². The molecule has 1 aliphatic rings. The maximum atomic E-state index is 11.4. The predicted octanol–water partition coefficient (Wildman–Crippen LogP) is 0.712. The van der Waals surface area contributed by atoms with Crippen LogP contribution in [0.25, 0.3) is 5.82 Å². The Kier molecular flexibility index (Phi) is 5.71. The molecule has 1 fully saturated rings. The minimum atomic E-state index is -3.76. The Morgan fingerprint density at radius 2 is 1.90 bits per heavy atom. The van der Waals surface area contributed by atoms with E-state index < -0.39 is 10.0 Å². The molecule has 4 rings (SSSR count). The first kappa shape index (κ1) is 21.0. The van der Waals surface area contributed by atoms with Crippen LogP contribution in [0.5, 0.6) is 0 Å². The monoisotopic (exact) mass is 444 g/mol. The number of sulfonamides is 1. The molecule has 164 valence electrons. The highest BCUT2D eigenvalue weighted by atomic mass is 32.2. The van der Waals surface area contributed by atoms with Crippen molar-refractivity contribution >= 4 is 33.4 Å². The number of nitrogen functional groups attached to an aromatic ring is 1. The third kappa shape index (κ3) is 5.07. The molecule has 1 saturated carbocycles. The van der Waals surface area contributed by atoms with Gasteiger partial charge in [0, 0.05) is 23.8 Å². The molecule has 2 atom stereocenters. The van der Waals surface area contributed by atoms with Crippen molar-refractivity contribution in [1.82, 2.24) is 24.7 Å². The van der Waals surface area contributed by atoms with E-state index in [1.807, 2.05) is 0 Å². The summed E-state index contributed by atoms with van der Waals surface area (Å²) in [5, 5.41) is 15.8. The first-order valence-electron chi connectivity index (χ1n) is 9.75. The lowest BCUT2D eigenvalue weighted by Gasteiger charge is -2.27. The van der Waals surface area contributed by atoms with Gasteiger partial charge < -0.3 is 22.1 Å². The summed E-state index contributed by atoms with van der Waals surface area (Å²) in [6.07, 6.45) is 5.49. The van der Waals surface area contributed by atoms with Gasteiger partial charge in [0.25, 0.3) is 0 Å². The molecule has 2 heterocycles. The van der Waals surface area contributed by atoms with E-state index in [1.165, 1.54) is 23.1 Å². The Morgan fingerprint density at radius 3 is 2.61 bits per heavy atom. The summed E-state index contributed by atoms with van der Waals surface area (Å²) in [5.74, 6) is 1.48. The second-order valence-corrected chi connectivity index (χ2v) is 8.99. The van der Waals surface area contributed by atoms with Gasteiger partial charge in [0.15, 0.2) is 5.82 Å². The lowest BCUT2D eigenvalue weighted by molar-refractivity contribution is 0.409. The zero-order valence-electron chi connectivity index (χ0n) is 16.6. The topological polar surface area (TPSA) is 193 Å². The van der Waals surface area contributed by atoms with E-state index in [2.05, 4.69) is 30.7 Å². The third-order valence-corrected chi connectivity index (χ3v) is 5.94. The highest BCUT2D eigenvalue weighted by molar-refractivity contribution is 7.89. The summed E-state index contributed by atoms with van der Waals surface area (Å²) >= 11 is 0. The number of anilines is 4. The van der Waals surface area contributed by atoms with Crippen molar-refractivity contribution < 1.29 is 8.42 Å². The average molecular weight is 445 g/mol. The molecule has 1 aromatic carbocycles. The standard InChI is InChI=1S/C18H24N10O2S/c19-11-2-1-3-13(8-11)24-15-9-16(23-10-22-15)28-17(20)26-18(27-28)25-12-4-6-14(7-5-12)31(21,29)30/h4-7,9-11,13H,1-3,8,19H2,(H2,21,29,30)(H,22,23,24)(H3,20,25,26,27). The van der Waals surface area contributed by atoms with E-state index >= 15 is 0 Å². The van der Waals surface area contributed by atoms with Gasteiger partial charge in [0.05, 0.1) is 4.90 Å². The van der Waals surface area contributed by atoms with E-state index in [4.69, 9.17) is 16.6 Å². The van der Waals surface area contributed by atoms with E-state index in [0.29, 0.717) is 17.3 Å². The van der Waals surface area contributed by atoms with Gasteiger partial charge in [-0.05, 0) is 49.9 Å². The molecular formula is C18H24N10O2S. The van der Waals surface area contributed by atoms with Crippen molar-refractivity contribution in [1.29, 1.82) is 0 Å². The summed E-state index contributed by atoms with van der Waals surface area (Å²) in [6.45, 7) is 0. The SMILES string of the molecule is Nc1nc(Nc2ccc(S(N)(=O)=O)cc2)nn1-c1cc(NC2CCCC(N)C2)ncn1. The van der Waals surface area contributed by atoms with Crippen molar-refractivity contribution in [3.63, 3.8) is 0 Å². The molecule has 12 nitrogen and oxygen atoms in total. The third-order valence-electron chi connectivity index (χ3n) is 5.01. The largest absolute Gasteiger partial charge is 0.368 e. The Balaban J connectivity index is 1.50. The van der Waals surface area contributed by atoms with Gasteiger partial charge in [0.2, 0.25) is 21.9 Å². The quantitative estimate of drug-likeness (QED) is 0.361. The summed E-state index contributed by atoms with van der Waals surface area (Å²) < 4.78 is 24.1. The summed E-state index contributed by atoms with van der Waals surface area (Å²) in [7, 11) is -3.76. The number of aromatic nitrogens is 5. The number of hydrogen-bond donors (Lipinski definition) is 5. The Hall–Kier alpha value is -3.29. The molecule has 2 unspecified atom stereocenters. The molecule has 0 radical (unpaired) electrons. The first-order valence-corrected chi connectivity index (χ1v) is 11.3. The van der Waals surface area contributed by atoms with E-state index in [0.717, 1.165) is 25.7 Å². The van der Waals surface area contributed by atoms with Crippen molar-refractivity contribution in [3.8, 4) is 5.82 Å². The minimum absolute atomic E-state index is 0.0102. The van der Waals surface area contributed by atoms with Crippen LogP contribution < -0.4 is 27.2 Å². The van der Waals surface area contributed by atoms with Crippen LogP contribution in [-0.2, 0) is 10.0 Å². The zero-order chi connectivity index (χ0) is 22.0. The van der Waals surface area contributed by atoms with Crippen LogP contribution in [-0.4, -0.2) is 45.2 Å². The number of rotatable bonds is 6. The molecule has 0 amide bonds. The van der Waals surface area contributed by atoms with Gasteiger partial charge in [-0.1, -0.05) is 0 Å². The van der Waals surface area contributed by atoms with Crippen LogP contribution in [0.4, 0.5) is 23.4 Å². The van der Waals surface area contributed by atoms with E-state index in [1.54, 1.807) is 18.2 Å². The molecule has 0 bridgehead atoms. The lowest BCUT2D eigenvalue weighted by atomic mass is 9.92. The van der Waals surface area contributed by atoms with Gasteiger partial charge in [0.1, 0.15) is 12.1 Å². The zero-order valence-corrected chi connectivity index (χ0v) is 17.5. The van der Waals surface area contributed by atoms with Gasteiger partial charge in [-0.15, -0.1) is 5.10 Å². The minimum Gasteiger partial charge on any atom is -0.368 e. The highest BCUT2D eigenvalue weighted by Crippen LogP contribution is 2.22. The average Bonchev–Trinajstić information content (AvgIpc) is 3.08. The molecule has 0 spiro atoms. The molecule has 13 heteroatoms. The van der Waals surface area contributed by atoms with Crippen LogP contribution in [0.3, 0.4) is 0 Å². The molecule has 3 aromatic rings. The van der Waals surface area contributed by atoms with Gasteiger partial charge in [-0.3, -0.25) is 0 Å². The number of hydrogen-bond acceptors (Lipinski definition) is 10. The molecule has 8 N–H and O–H groups in total. The van der Waals surface area contributed by atoms with Crippen LogP contribution in [0.2, 0.25) is 0 Å². The maximum absolute atomic E-state index is 11.4. The molecular weight excluding hydrogens is 420 g/mol. The van der Waals surface area contributed by atoms with Crippen molar-refractivity contribution in [2.75, 3.05) is 16.4 Å². The fraction of sp³-hybridized carbons (Fsp3) is 0.333. The summed E-state index contributed by atoms with van der Waals surface area (Å²) in [6, 6.07) is 8.09. The van der Waals surface area contributed by atoms with Crippen LogP contribution in [0.1, 0.15) is 25.7 Å². The number of nitrogens with one attached hydrogen (secondary N) is 2. The first-order chi connectivity index (χ1) is 14.8. The molecule has 31 heavy (non-hydrogen) atoms. The Morgan fingerprint density at radius 1 is 1.13 bits per heavy atom. The van der Waals surface area contributed by atoms with Crippen molar-refractivity contribution in [2.24, 2.45) is 10.9 Å². The molecule has 1 aliphatic carbocycles. The Bertz CT molecular complexity index is 1160. The predicted molar refractivity (Wildman–Crippen MR) is 116 cm³/mol. The van der Waals surface area contributed by atoms with Gasteiger partial charge in [-0.25, -0.2) is 23.5 Å². The van der Waals surface area contributed by atoms with Crippen LogP contribution in [0, 0.1) is 0 Å². The molecule has 0 saturated heterocycles. The number of benzene rings is 1. The van der Waals surface area contributed by atoms with Crippen LogP contribution in [0.15, 0.2) is 41.6 Å². The fourth-order valence-electron chi connectivity index (χ4n) is 3.51. The Labute approximate surface area is 179 Å². The second-order valence-electron chi connectivity index (χ2n) is 7.43. The smallest absolute Gasteiger partial charge is 0.248 e. The van der Waals surface area contributed by atoms with E-state index in [9.17, 15) is 8.42 Å². The second kappa shape index (κ2) is 8.45. The lowest BCUT2D eigenvalue weighted by Crippen LogP contribution is -2.35. The maximum Gasteiger partial charge on any atom is 0.248 e. The number of nitrogens with two attached hydrogens (primary N) is 3. The molecule has 0 aliphatic heterocycles. The number of primary sulfonamides is 1. The van der Waals surface area contributed by atoms with Gasteiger partial charge in [-0.2, -0.15) is 9.67 Å². The molecule has 2 aromatic heterocycles. The summed E-state index contributed by atoms with van der Waals surface area (Å²) in [5.41, 5.74) is 12.6. The van der Waals surface area contributed by atoms with Crippen molar-refractivity contribution in [2.45, 2.75) is 42.7 Å².